The summed E-state index contributed by atoms with van der Waals surface area (Å²) in [5, 5.41) is 6.38. The molecule has 23 heavy (non-hydrogen) atoms. The van der Waals surface area contributed by atoms with E-state index < -0.39 is 0 Å². The molecule has 0 amide bonds. The second kappa shape index (κ2) is 8.22. The minimum atomic E-state index is -0.136. The molecule has 1 unspecified atom stereocenters. The van der Waals surface area contributed by atoms with E-state index in [1.54, 1.807) is 11.1 Å². The molecule has 0 aliphatic carbocycles. The summed E-state index contributed by atoms with van der Waals surface area (Å²) in [6.45, 7) is 11.2. The Kier molecular flexibility index (Phi) is 6.30. The first-order chi connectivity index (χ1) is 11.0. The van der Waals surface area contributed by atoms with E-state index in [1.165, 1.54) is 0 Å². The largest absolute Gasteiger partial charge is 0.379 e. The van der Waals surface area contributed by atoms with Crippen molar-refractivity contribution in [1.82, 2.24) is 9.91 Å². The van der Waals surface area contributed by atoms with E-state index >= 15 is 0 Å². The summed E-state index contributed by atoms with van der Waals surface area (Å²) in [5.74, 6) is 0.475. The van der Waals surface area contributed by atoms with Gasteiger partial charge in [-0.05, 0) is 31.9 Å². The average molecular weight is 317 g/mol. The second-order valence-electron chi connectivity index (χ2n) is 6.24. The summed E-state index contributed by atoms with van der Waals surface area (Å²) in [6.07, 6.45) is 9.34. The highest BCUT2D eigenvalue weighted by Gasteiger charge is 2.22. The molecule has 0 aromatic carbocycles. The number of morpholine rings is 1. The van der Waals surface area contributed by atoms with Crippen molar-refractivity contribution in [2.75, 3.05) is 26.3 Å². The van der Waals surface area contributed by atoms with Gasteiger partial charge in [0.1, 0.15) is 0 Å². The third kappa shape index (κ3) is 4.88. The molecule has 5 heteroatoms. The molecular weight excluding hydrogens is 290 g/mol. The van der Waals surface area contributed by atoms with Crippen molar-refractivity contribution in [2.45, 2.75) is 33.7 Å². The maximum Gasteiger partial charge on any atom is 0.174 e. The molecule has 0 saturated carbocycles. The Morgan fingerprint density at radius 3 is 2.61 bits per heavy atom. The fraction of sp³-hybridized carbons (Fsp3) is 0.556. The molecule has 2 rings (SSSR count). The van der Waals surface area contributed by atoms with Gasteiger partial charge in [0.25, 0.3) is 0 Å². The summed E-state index contributed by atoms with van der Waals surface area (Å²) >= 11 is 0. The van der Waals surface area contributed by atoms with E-state index in [9.17, 15) is 4.79 Å². The standard InChI is InChI=1S/C18H27N3O2/c1-14(2)15(3)19-21-8-6-5-7-17(21)13-18(22)16(4)20-9-11-23-12-10-20/h5-8,13-14,16H,9-12H2,1-4H3/b17-13+,19-15+. The number of rotatable bonds is 5. The van der Waals surface area contributed by atoms with Crippen molar-refractivity contribution < 1.29 is 9.53 Å². The van der Waals surface area contributed by atoms with Crippen LogP contribution in [0.2, 0.25) is 0 Å². The quantitative estimate of drug-likeness (QED) is 0.577. The first kappa shape index (κ1) is 17.6. The zero-order valence-corrected chi connectivity index (χ0v) is 14.5. The first-order valence-electron chi connectivity index (χ1n) is 8.25. The topological polar surface area (TPSA) is 45.1 Å². The van der Waals surface area contributed by atoms with Crippen molar-refractivity contribution in [3.8, 4) is 0 Å². The Hall–Kier alpha value is -1.72. The third-order valence-corrected chi connectivity index (χ3v) is 4.27. The maximum absolute atomic E-state index is 12.6. The van der Waals surface area contributed by atoms with Crippen LogP contribution in [0.15, 0.2) is 41.3 Å². The zero-order valence-electron chi connectivity index (χ0n) is 14.5. The molecule has 126 valence electrons. The van der Waals surface area contributed by atoms with E-state index in [-0.39, 0.29) is 11.8 Å². The predicted octanol–water partition coefficient (Wildman–Crippen LogP) is 2.58. The van der Waals surface area contributed by atoms with E-state index in [2.05, 4.69) is 23.8 Å². The summed E-state index contributed by atoms with van der Waals surface area (Å²) in [6, 6.07) is -0.136. The third-order valence-electron chi connectivity index (χ3n) is 4.27. The number of ether oxygens (including phenoxy) is 1. The summed E-state index contributed by atoms with van der Waals surface area (Å²) in [5.41, 5.74) is 1.84. The van der Waals surface area contributed by atoms with Gasteiger partial charge in [-0.2, -0.15) is 5.10 Å². The minimum absolute atomic E-state index is 0.101. The zero-order chi connectivity index (χ0) is 16.8. The molecule has 2 heterocycles. The molecule has 1 fully saturated rings. The highest BCUT2D eigenvalue weighted by atomic mass is 16.5. The average Bonchev–Trinajstić information content (AvgIpc) is 2.56. The lowest BCUT2D eigenvalue weighted by molar-refractivity contribution is -0.120. The molecule has 2 aliphatic heterocycles. The Labute approximate surface area is 139 Å². The van der Waals surface area contributed by atoms with Crippen LogP contribution < -0.4 is 0 Å². The highest BCUT2D eigenvalue weighted by molar-refractivity contribution is 5.95. The van der Waals surface area contributed by atoms with Gasteiger partial charge in [-0.15, -0.1) is 0 Å². The minimum Gasteiger partial charge on any atom is -0.379 e. The van der Waals surface area contributed by atoms with Crippen molar-refractivity contribution in [3.05, 3.63) is 36.2 Å². The Morgan fingerprint density at radius 1 is 1.26 bits per heavy atom. The second-order valence-corrected chi connectivity index (χ2v) is 6.24. The van der Waals surface area contributed by atoms with Gasteiger partial charge in [0.05, 0.1) is 25.0 Å². The molecule has 5 nitrogen and oxygen atoms in total. The smallest absolute Gasteiger partial charge is 0.174 e. The van der Waals surface area contributed by atoms with E-state index in [4.69, 9.17) is 4.74 Å². The Balaban J connectivity index is 2.11. The molecule has 2 aliphatic rings. The summed E-state index contributed by atoms with van der Waals surface area (Å²) in [4.78, 5) is 14.7. The molecule has 1 saturated heterocycles. The van der Waals surface area contributed by atoms with Gasteiger partial charge >= 0.3 is 0 Å². The molecule has 0 spiro atoms. The van der Waals surface area contributed by atoms with Gasteiger partial charge in [0, 0.05) is 31.1 Å². The van der Waals surface area contributed by atoms with E-state index in [0.29, 0.717) is 19.1 Å². The van der Waals surface area contributed by atoms with Crippen LogP contribution in [0.3, 0.4) is 0 Å². The Bertz CT molecular complexity index is 540. The van der Waals surface area contributed by atoms with Crippen molar-refractivity contribution in [3.63, 3.8) is 0 Å². The molecule has 0 bridgehead atoms. The van der Waals surface area contributed by atoms with Crippen LogP contribution >= 0.6 is 0 Å². The number of hydrogen-bond donors (Lipinski definition) is 0. The number of carbonyl (C=O) groups excluding carboxylic acids is 1. The Morgan fingerprint density at radius 2 is 1.96 bits per heavy atom. The fourth-order valence-electron chi connectivity index (χ4n) is 2.35. The lowest BCUT2D eigenvalue weighted by Crippen LogP contribution is -2.45. The van der Waals surface area contributed by atoms with Gasteiger partial charge in [-0.25, -0.2) is 5.01 Å². The number of carbonyl (C=O) groups is 1. The predicted molar refractivity (Wildman–Crippen MR) is 93.0 cm³/mol. The number of ketones is 1. The van der Waals surface area contributed by atoms with Crippen LogP contribution in [0.4, 0.5) is 0 Å². The van der Waals surface area contributed by atoms with Gasteiger partial charge < -0.3 is 4.74 Å². The number of nitrogens with zero attached hydrogens (tertiary/aromatic N) is 3. The van der Waals surface area contributed by atoms with Crippen LogP contribution in [0, 0.1) is 5.92 Å². The maximum atomic E-state index is 12.6. The van der Waals surface area contributed by atoms with Crippen LogP contribution in [0.1, 0.15) is 27.7 Å². The molecule has 0 N–H and O–H groups in total. The lowest BCUT2D eigenvalue weighted by atomic mass is 10.1. The van der Waals surface area contributed by atoms with Crippen LogP contribution in [-0.4, -0.2) is 53.7 Å². The number of hydrogen-bond acceptors (Lipinski definition) is 5. The van der Waals surface area contributed by atoms with Crippen LogP contribution in [0.25, 0.3) is 0 Å². The van der Waals surface area contributed by atoms with E-state index in [0.717, 1.165) is 24.5 Å². The highest BCUT2D eigenvalue weighted by Crippen LogP contribution is 2.16. The van der Waals surface area contributed by atoms with Crippen LogP contribution in [0.5, 0.6) is 0 Å². The van der Waals surface area contributed by atoms with Crippen molar-refractivity contribution in [1.29, 1.82) is 0 Å². The fourth-order valence-corrected chi connectivity index (χ4v) is 2.35. The molecule has 0 aromatic heterocycles. The van der Waals surface area contributed by atoms with Gasteiger partial charge in [-0.1, -0.05) is 19.9 Å². The van der Waals surface area contributed by atoms with Crippen molar-refractivity contribution in [2.24, 2.45) is 11.0 Å². The van der Waals surface area contributed by atoms with Gasteiger partial charge in [0.2, 0.25) is 0 Å². The van der Waals surface area contributed by atoms with Gasteiger partial charge in [-0.3, -0.25) is 9.69 Å². The van der Waals surface area contributed by atoms with Gasteiger partial charge in [0.15, 0.2) is 5.78 Å². The van der Waals surface area contributed by atoms with E-state index in [1.807, 2.05) is 38.3 Å². The summed E-state index contributed by atoms with van der Waals surface area (Å²) < 4.78 is 5.35. The normalized spacial score (nSPS) is 22.9. The monoisotopic (exact) mass is 317 g/mol. The first-order valence-corrected chi connectivity index (χ1v) is 8.25. The molecular formula is C18H27N3O2. The molecule has 1 atom stereocenters. The summed E-state index contributed by atoms with van der Waals surface area (Å²) in [7, 11) is 0. The molecule has 0 radical (unpaired) electrons. The number of hydrazone groups is 1. The number of allylic oxidation sites excluding steroid dienone is 3. The van der Waals surface area contributed by atoms with Crippen LogP contribution in [-0.2, 0) is 9.53 Å². The molecule has 0 aromatic rings. The lowest BCUT2D eigenvalue weighted by Gasteiger charge is -2.31. The van der Waals surface area contributed by atoms with Crippen molar-refractivity contribution >= 4 is 11.5 Å². The SMILES string of the molecule is C/C(=N\N1C=CC=C/C1=C\C(=O)C(C)N1CCOCC1)C(C)C.